The number of pyridine rings is 1. The molecule has 5 heteroatoms. The third-order valence-electron chi connectivity index (χ3n) is 3.18. The minimum absolute atomic E-state index is 0.0469. The summed E-state index contributed by atoms with van der Waals surface area (Å²) < 4.78 is 14.0. The maximum atomic E-state index is 14.0. The second-order valence-corrected chi connectivity index (χ2v) is 4.49. The molecule has 0 fully saturated rings. The Morgan fingerprint density at radius 3 is 2.76 bits per heavy atom. The average molecular weight is 282 g/mol. The normalized spacial score (nSPS) is 10.5. The maximum Gasteiger partial charge on any atom is 0.337 e. The van der Waals surface area contributed by atoms with E-state index >= 15 is 0 Å². The van der Waals surface area contributed by atoms with Crippen LogP contribution in [-0.2, 0) is 0 Å². The number of halogens is 1. The number of hydrogen-bond donors (Lipinski definition) is 2. The minimum Gasteiger partial charge on any atom is -0.478 e. The lowest BCUT2D eigenvalue weighted by molar-refractivity contribution is 0.0697. The molecule has 104 valence electrons. The highest BCUT2D eigenvalue weighted by Crippen LogP contribution is 2.29. The molecule has 0 amide bonds. The van der Waals surface area contributed by atoms with Gasteiger partial charge in [0.2, 0.25) is 0 Å². The first-order valence-electron chi connectivity index (χ1n) is 6.28. The van der Waals surface area contributed by atoms with Crippen molar-refractivity contribution in [3.63, 3.8) is 0 Å². The Morgan fingerprint density at radius 2 is 1.95 bits per heavy atom. The molecule has 1 heterocycles. The predicted octanol–water partition coefficient (Wildman–Crippen LogP) is 3.82. The highest BCUT2D eigenvalue weighted by molar-refractivity contribution is 5.99. The summed E-state index contributed by atoms with van der Waals surface area (Å²) in [5.74, 6) is -1.79. The van der Waals surface area contributed by atoms with Gasteiger partial charge in [0.15, 0.2) is 0 Å². The van der Waals surface area contributed by atoms with Crippen LogP contribution in [0, 0.1) is 5.82 Å². The Hall–Kier alpha value is -2.95. The molecule has 2 N–H and O–H groups in total. The Balaban J connectivity index is 2.13. The molecule has 1 aromatic heterocycles. The number of carboxylic acid groups (broad SMARTS) is 1. The van der Waals surface area contributed by atoms with Crippen molar-refractivity contribution >= 4 is 28.1 Å². The van der Waals surface area contributed by atoms with E-state index < -0.39 is 11.8 Å². The van der Waals surface area contributed by atoms with Crippen LogP contribution >= 0.6 is 0 Å². The van der Waals surface area contributed by atoms with Crippen LogP contribution in [-0.4, -0.2) is 16.1 Å². The number of para-hydroxylation sites is 1. The molecule has 0 unspecified atom stereocenters. The van der Waals surface area contributed by atoms with Crippen molar-refractivity contribution in [2.45, 2.75) is 0 Å². The van der Waals surface area contributed by atoms with E-state index in [9.17, 15) is 9.18 Å². The monoisotopic (exact) mass is 282 g/mol. The standard InChI is InChI=1S/C16H11FN2O2/c17-13-5-2-4-12(16(20)21)15(13)19-14-6-1-3-10-9-18-8-7-11(10)14/h1-9,19H,(H,20,21). The van der Waals surface area contributed by atoms with Gasteiger partial charge in [-0.1, -0.05) is 18.2 Å². The Labute approximate surface area is 119 Å². The van der Waals surface area contributed by atoms with Crippen LogP contribution in [0.3, 0.4) is 0 Å². The van der Waals surface area contributed by atoms with Crippen LogP contribution in [0.4, 0.5) is 15.8 Å². The van der Waals surface area contributed by atoms with Crippen molar-refractivity contribution in [2.24, 2.45) is 0 Å². The third kappa shape index (κ3) is 2.41. The van der Waals surface area contributed by atoms with Crippen LogP contribution in [0.25, 0.3) is 10.8 Å². The number of nitrogens with zero attached hydrogens (tertiary/aromatic N) is 1. The number of hydrogen-bond acceptors (Lipinski definition) is 3. The largest absolute Gasteiger partial charge is 0.478 e. The summed E-state index contributed by atoms with van der Waals surface area (Å²) in [5.41, 5.74) is 0.470. The zero-order valence-electron chi connectivity index (χ0n) is 10.9. The quantitative estimate of drug-likeness (QED) is 0.766. The molecule has 0 atom stereocenters. The van der Waals surface area contributed by atoms with E-state index in [0.29, 0.717) is 5.69 Å². The Kier molecular flexibility index (Phi) is 3.23. The lowest BCUT2D eigenvalue weighted by Crippen LogP contribution is -2.05. The van der Waals surface area contributed by atoms with Crippen molar-refractivity contribution < 1.29 is 14.3 Å². The second-order valence-electron chi connectivity index (χ2n) is 4.49. The number of rotatable bonds is 3. The van der Waals surface area contributed by atoms with Crippen molar-refractivity contribution in [3.05, 3.63) is 66.2 Å². The van der Waals surface area contributed by atoms with Crippen molar-refractivity contribution in [3.8, 4) is 0 Å². The first-order valence-corrected chi connectivity index (χ1v) is 6.28. The van der Waals surface area contributed by atoms with E-state index in [2.05, 4.69) is 10.3 Å². The zero-order valence-corrected chi connectivity index (χ0v) is 10.9. The van der Waals surface area contributed by atoms with Gasteiger partial charge in [-0.2, -0.15) is 0 Å². The molecule has 0 saturated carbocycles. The SMILES string of the molecule is O=C(O)c1cccc(F)c1Nc1cccc2cnccc12. The van der Waals surface area contributed by atoms with Gasteiger partial charge in [-0.05, 0) is 24.3 Å². The van der Waals surface area contributed by atoms with Gasteiger partial charge in [0.25, 0.3) is 0 Å². The molecule has 0 bridgehead atoms. The molecule has 0 aliphatic rings. The van der Waals surface area contributed by atoms with Crippen LogP contribution in [0.15, 0.2) is 54.9 Å². The molecule has 3 aromatic rings. The first-order chi connectivity index (χ1) is 10.2. The van der Waals surface area contributed by atoms with Crippen molar-refractivity contribution in [1.82, 2.24) is 4.98 Å². The second kappa shape index (κ2) is 5.20. The molecule has 21 heavy (non-hydrogen) atoms. The molecule has 2 aromatic carbocycles. The topological polar surface area (TPSA) is 62.2 Å². The van der Waals surface area contributed by atoms with E-state index in [0.717, 1.165) is 10.8 Å². The van der Waals surface area contributed by atoms with E-state index in [1.165, 1.54) is 18.2 Å². The van der Waals surface area contributed by atoms with E-state index in [-0.39, 0.29) is 11.3 Å². The number of nitrogens with one attached hydrogen (secondary N) is 1. The third-order valence-corrected chi connectivity index (χ3v) is 3.18. The van der Waals surface area contributed by atoms with Gasteiger partial charge >= 0.3 is 5.97 Å². The number of benzene rings is 2. The highest BCUT2D eigenvalue weighted by Gasteiger charge is 2.15. The summed E-state index contributed by atoms with van der Waals surface area (Å²) in [7, 11) is 0. The maximum absolute atomic E-state index is 14.0. The van der Waals surface area contributed by atoms with Gasteiger partial charge in [-0.3, -0.25) is 4.98 Å². The van der Waals surface area contributed by atoms with E-state index in [1.807, 2.05) is 6.07 Å². The number of fused-ring (bicyclic) bond motifs is 1. The molecule has 4 nitrogen and oxygen atoms in total. The number of carbonyl (C=O) groups is 1. The van der Waals surface area contributed by atoms with Gasteiger partial charge in [-0.25, -0.2) is 9.18 Å². The van der Waals surface area contributed by atoms with Crippen LogP contribution in [0.2, 0.25) is 0 Å². The molecule has 0 aliphatic heterocycles. The smallest absolute Gasteiger partial charge is 0.337 e. The highest BCUT2D eigenvalue weighted by atomic mass is 19.1. The summed E-state index contributed by atoms with van der Waals surface area (Å²) in [6.45, 7) is 0. The number of aromatic nitrogens is 1. The van der Waals surface area contributed by atoms with Crippen molar-refractivity contribution in [2.75, 3.05) is 5.32 Å². The van der Waals surface area contributed by atoms with Crippen molar-refractivity contribution in [1.29, 1.82) is 0 Å². The number of anilines is 2. The van der Waals surface area contributed by atoms with Gasteiger partial charge in [0.1, 0.15) is 5.82 Å². The van der Waals surface area contributed by atoms with Gasteiger partial charge in [0.05, 0.1) is 11.3 Å². The Bertz CT molecular complexity index is 828. The summed E-state index contributed by atoms with van der Waals surface area (Å²) in [5, 5.41) is 13.8. The van der Waals surface area contributed by atoms with E-state index in [4.69, 9.17) is 5.11 Å². The molecule has 0 saturated heterocycles. The summed E-state index contributed by atoms with van der Waals surface area (Å²) in [6, 6.07) is 11.2. The molecule has 0 radical (unpaired) electrons. The zero-order chi connectivity index (χ0) is 14.8. The Morgan fingerprint density at radius 1 is 1.14 bits per heavy atom. The van der Waals surface area contributed by atoms with Gasteiger partial charge in [-0.15, -0.1) is 0 Å². The fraction of sp³-hybridized carbons (Fsp3) is 0. The van der Waals surface area contributed by atoms with Crippen LogP contribution in [0.5, 0.6) is 0 Å². The summed E-state index contributed by atoms with van der Waals surface area (Å²) in [6.07, 6.45) is 3.33. The van der Waals surface area contributed by atoms with Crippen LogP contribution in [0.1, 0.15) is 10.4 Å². The lowest BCUT2D eigenvalue weighted by atomic mass is 10.1. The first kappa shape index (κ1) is 13.1. The predicted molar refractivity (Wildman–Crippen MR) is 78.4 cm³/mol. The average Bonchev–Trinajstić information content (AvgIpc) is 2.49. The molecular formula is C16H11FN2O2. The minimum atomic E-state index is -1.18. The molecular weight excluding hydrogens is 271 g/mol. The number of aromatic carboxylic acids is 1. The number of carboxylic acids is 1. The lowest BCUT2D eigenvalue weighted by Gasteiger charge is -2.12. The molecule has 3 rings (SSSR count). The summed E-state index contributed by atoms with van der Waals surface area (Å²) >= 11 is 0. The van der Waals surface area contributed by atoms with E-state index in [1.54, 1.807) is 30.6 Å². The molecule has 0 spiro atoms. The summed E-state index contributed by atoms with van der Waals surface area (Å²) in [4.78, 5) is 15.2. The fourth-order valence-electron chi connectivity index (χ4n) is 2.20. The van der Waals surface area contributed by atoms with Gasteiger partial charge in [0, 0.05) is 28.9 Å². The van der Waals surface area contributed by atoms with Crippen LogP contribution < -0.4 is 5.32 Å². The fourth-order valence-corrected chi connectivity index (χ4v) is 2.20. The van der Waals surface area contributed by atoms with Gasteiger partial charge < -0.3 is 10.4 Å². The molecule has 0 aliphatic carbocycles.